The van der Waals surface area contributed by atoms with E-state index >= 15 is 0 Å². The third kappa shape index (κ3) is 5.83. The van der Waals surface area contributed by atoms with E-state index < -0.39 is 20.9 Å². The minimum absolute atomic E-state index is 0. The van der Waals surface area contributed by atoms with E-state index in [0.29, 0.717) is 25.9 Å². The number of carbonyl (C=O) groups is 1. The highest BCUT2D eigenvalue weighted by atomic mass is 35.5. The van der Waals surface area contributed by atoms with E-state index in [9.17, 15) is 17.6 Å². The summed E-state index contributed by atoms with van der Waals surface area (Å²) in [6.07, 6.45) is 1.13. The van der Waals surface area contributed by atoms with Gasteiger partial charge in [0.15, 0.2) is 9.84 Å². The van der Waals surface area contributed by atoms with Crippen LogP contribution in [0.3, 0.4) is 0 Å². The van der Waals surface area contributed by atoms with Crippen LogP contribution in [0.1, 0.15) is 12.8 Å². The van der Waals surface area contributed by atoms with E-state index in [1.165, 1.54) is 12.1 Å². The first kappa shape index (κ1) is 21.7. The molecule has 1 saturated heterocycles. The van der Waals surface area contributed by atoms with Gasteiger partial charge in [0.05, 0.1) is 10.1 Å². The molecule has 2 rings (SSSR count). The maximum absolute atomic E-state index is 13.0. The number of likely N-dealkylation sites (N-methyl/N-ethyl adjacent to an activating group) is 1. The average molecular weight is 394 g/mol. The van der Waals surface area contributed by atoms with Gasteiger partial charge in [-0.15, -0.1) is 12.4 Å². The summed E-state index contributed by atoms with van der Waals surface area (Å²) in [6, 6.07) is 4.60. The number of likely N-dealkylation sites (tertiary alicyclic amines) is 1. The molecule has 2 amide bonds. The molecular formula is C16H25ClFN3O3S. The van der Waals surface area contributed by atoms with Gasteiger partial charge >= 0.3 is 6.03 Å². The molecule has 1 N–H and O–H groups in total. The summed E-state index contributed by atoms with van der Waals surface area (Å²) in [5, 5.41) is 2.15. The third-order valence-corrected chi connectivity index (χ3v) is 6.27. The minimum atomic E-state index is -3.58. The number of halogens is 2. The molecule has 0 bridgehead atoms. The summed E-state index contributed by atoms with van der Waals surface area (Å²) in [6.45, 7) is 1.94. The third-order valence-electron chi connectivity index (χ3n) is 4.08. The Balaban J connectivity index is 0.00000312. The molecule has 142 valence electrons. The maximum atomic E-state index is 13.0. The molecule has 1 heterocycles. The van der Waals surface area contributed by atoms with E-state index in [1.54, 1.807) is 4.90 Å². The number of benzene rings is 1. The fraction of sp³-hybridized carbons (Fsp3) is 0.562. The Morgan fingerprint density at radius 2 is 1.96 bits per heavy atom. The number of piperidine rings is 1. The molecule has 1 aromatic rings. The van der Waals surface area contributed by atoms with Crippen LogP contribution >= 0.6 is 12.4 Å². The zero-order valence-electron chi connectivity index (χ0n) is 14.4. The minimum Gasteiger partial charge on any atom is -0.337 e. The predicted molar refractivity (Wildman–Crippen MR) is 97.4 cm³/mol. The molecule has 0 aliphatic carbocycles. The molecule has 1 unspecified atom stereocenters. The molecule has 6 nitrogen and oxygen atoms in total. The smallest absolute Gasteiger partial charge is 0.317 e. The standard InChI is InChI=1S/C16H24FN3O3S.ClH/c1-19(2)11-9-18-16(21)20-10-3-4-15(12-20)24(22,23)14-7-5-13(17)6-8-14;/h5-8,15H,3-4,9-12H2,1-2H3,(H,18,21);1H. The molecule has 1 fully saturated rings. The number of hydrogen-bond acceptors (Lipinski definition) is 4. The Bertz CT molecular complexity index is 668. The van der Waals surface area contributed by atoms with Crippen LogP contribution in [0.4, 0.5) is 9.18 Å². The van der Waals surface area contributed by atoms with E-state index in [-0.39, 0.29) is 29.9 Å². The second-order valence-corrected chi connectivity index (χ2v) is 8.47. The first-order valence-electron chi connectivity index (χ1n) is 7.97. The quantitative estimate of drug-likeness (QED) is 0.774. The summed E-state index contributed by atoms with van der Waals surface area (Å²) in [4.78, 5) is 15.8. The Labute approximate surface area is 154 Å². The van der Waals surface area contributed by atoms with Crippen LogP contribution in [0.25, 0.3) is 0 Å². The van der Waals surface area contributed by atoms with Gasteiger partial charge in [-0.1, -0.05) is 0 Å². The van der Waals surface area contributed by atoms with E-state index in [0.717, 1.165) is 18.7 Å². The van der Waals surface area contributed by atoms with Gasteiger partial charge in [-0.2, -0.15) is 0 Å². The lowest BCUT2D eigenvalue weighted by atomic mass is 10.1. The Morgan fingerprint density at radius 1 is 1.32 bits per heavy atom. The zero-order chi connectivity index (χ0) is 17.7. The van der Waals surface area contributed by atoms with Crippen molar-refractivity contribution in [3.8, 4) is 0 Å². The summed E-state index contributed by atoms with van der Waals surface area (Å²) >= 11 is 0. The second-order valence-electron chi connectivity index (χ2n) is 6.24. The molecule has 0 saturated carbocycles. The number of amides is 2. The van der Waals surface area contributed by atoms with Crippen molar-refractivity contribution >= 4 is 28.3 Å². The lowest BCUT2D eigenvalue weighted by Crippen LogP contribution is -2.49. The number of carbonyl (C=O) groups excluding carboxylic acids is 1. The van der Waals surface area contributed by atoms with Crippen LogP contribution < -0.4 is 5.32 Å². The highest BCUT2D eigenvalue weighted by Crippen LogP contribution is 2.24. The maximum Gasteiger partial charge on any atom is 0.317 e. The predicted octanol–water partition coefficient (Wildman–Crippen LogP) is 1.76. The van der Waals surface area contributed by atoms with Gasteiger partial charge in [0.2, 0.25) is 0 Å². The molecule has 1 aliphatic rings. The van der Waals surface area contributed by atoms with Crippen LogP contribution in [0.15, 0.2) is 29.2 Å². The van der Waals surface area contributed by atoms with Gasteiger partial charge in [0.25, 0.3) is 0 Å². The summed E-state index contributed by atoms with van der Waals surface area (Å²) in [7, 11) is 0.254. The molecule has 9 heteroatoms. The average Bonchev–Trinajstić information content (AvgIpc) is 2.55. The van der Waals surface area contributed by atoms with Gasteiger partial charge in [-0.3, -0.25) is 0 Å². The van der Waals surface area contributed by atoms with Crippen molar-refractivity contribution in [2.75, 3.05) is 40.3 Å². The van der Waals surface area contributed by atoms with Crippen LogP contribution in [-0.4, -0.2) is 69.8 Å². The van der Waals surface area contributed by atoms with Gasteiger partial charge < -0.3 is 15.1 Å². The molecular weight excluding hydrogens is 369 g/mol. The highest BCUT2D eigenvalue weighted by molar-refractivity contribution is 7.92. The second kappa shape index (κ2) is 9.35. The highest BCUT2D eigenvalue weighted by Gasteiger charge is 2.33. The largest absolute Gasteiger partial charge is 0.337 e. The normalized spacial score (nSPS) is 17.9. The van der Waals surface area contributed by atoms with Crippen molar-refractivity contribution in [3.05, 3.63) is 30.1 Å². The van der Waals surface area contributed by atoms with Crippen LogP contribution in [0.5, 0.6) is 0 Å². The summed E-state index contributed by atoms with van der Waals surface area (Å²) in [5.74, 6) is -0.473. The first-order valence-corrected chi connectivity index (χ1v) is 9.52. The molecule has 0 radical (unpaired) electrons. The number of rotatable bonds is 5. The molecule has 1 aliphatic heterocycles. The lowest BCUT2D eigenvalue weighted by Gasteiger charge is -2.32. The number of sulfone groups is 1. The van der Waals surface area contributed by atoms with Crippen molar-refractivity contribution in [1.82, 2.24) is 15.1 Å². The topological polar surface area (TPSA) is 69.7 Å². The summed E-state index contributed by atoms with van der Waals surface area (Å²) in [5.41, 5.74) is 0. The number of nitrogens with one attached hydrogen (secondary N) is 1. The molecule has 25 heavy (non-hydrogen) atoms. The fourth-order valence-corrected chi connectivity index (χ4v) is 4.44. The Morgan fingerprint density at radius 3 is 2.56 bits per heavy atom. The van der Waals surface area contributed by atoms with Crippen molar-refractivity contribution in [2.45, 2.75) is 23.0 Å². The zero-order valence-corrected chi connectivity index (χ0v) is 16.1. The number of hydrogen-bond donors (Lipinski definition) is 1. The van der Waals surface area contributed by atoms with Crippen molar-refractivity contribution in [3.63, 3.8) is 0 Å². The van der Waals surface area contributed by atoms with E-state index in [2.05, 4.69) is 5.32 Å². The first-order chi connectivity index (χ1) is 11.3. The van der Waals surface area contributed by atoms with Gasteiger partial charge in [-0.05, 0) is 51.2 Å². The summed E-state index contributed by atoms with van der Waals surface area (Å²) < 4.78 is 38.4. The van der Waals surface area contributed by atoms with Crippen molar-refractivity contribution in [1.29, 1.82) is 0 Å². The monoisotopic (exact) mass is 393 g/mol. The van der Waals surface area contributed by atoms with Crippen molar-refractivity contribution < 1.29 is 17.6 Å². The van der Waals surface area contributed by atoms with Gasteiger partial charge in [-0.25, -0.2) is 17.6 Å². The Kier molecular flexibility index (Phi) is 8.11. The van der Waals surface area contributed by atoms with Crippen LogP contribution in [-0.2, 0) is 9.84 Å². The molecule has 0 aromatic heterocycles. The van der Waals surface area contributed by atoms with Crippen LogP contribution in [0.2, 0.25) is 0 Å². The lowest BCUT2D eigenvalue weighted by molar-refractivity contribution is 0.186. The van der Waals surface area contributed by atoms with Gasteiger partial charge in [0, 0.05) is 26.2 Å². The Hall–Kier alpha value is -1.38. The molecule has 1 aromatic carbocycles. The van der Waals surface area contributed by atoms with Crippen molar-refractivity contribution in [2.24, 2.45) is 0 Å². The molecule has 1 atom stereocenters. The van der Waals surface area contributed by atoms with E-state index in [1.807, 2.05) is 19.0 Å². The fourth-order valence-electron chi connectivity index (χ4n) is 2.69. The van der Waals surface area contributed by atoms with Gasteiger partial charge in [0.1, 0.15) is 5.82 Å². The number of nitrogens with zero attached hydrogens (tertiary/aromatic N) is 2. The number of urea groups is 1. The molecule has 0 spiro atoms. The van der Waals surface area contributed by atoms with Crippen LogP contribution in [0, 0.1) is 5.82 Å². The SMILES string of the molecule is CN(C)CCNC(=O)N1CCCC(S(=O)(=O)c2ccc(F)cc2)C1.Cl. The van der Waals surface area contributed by atoms with E-state index in [4.69, 9.17) is 0 Å².